The van der Waals surface area contributed by atoms with Crippen LogP contribution in [0.25, 0.3) is 0 Å². The number of amides is 1. The summed E-state index contributed by atoms with van der Waals surface area (Å²) in [6.07, 6.45) is 0. The van der Waals surface area contributed by atoms with Crippen LogP contribution in [0.2, 0.25) is 0 Å². The van der Waals surface area contributed by atoms with Crippen LogP contribution in [-0.4, -0.2) is 31.4 Å². The third-order valence-corrected chi connectivity index (χ3v) is 1.03. The Morgan fingerprint density at radius 3 is 2.80 bits per heavy atom. The minimum atomic E-state index is -0.660. The largest absolute Gasteiger partial charge is 0.468 e. The first-order valence-electron chi connectivity index (χ1n) is 2.66. The smallest absolute Gasteiger partial charge is 0.297 e. The van der Waals surface area contributed by atoms with E-state index in [2.05, 4.69) is 15.0 Å². The molecule has 1 aliphatic heterocycles. The minimum Gasteiger partial charge on any atom is -0.468 e. The van der Waals surface area contributed by atoms with Crippen LogP contribution in [0, 0.1) is 0 Å². The number of carbonyl (C=O) groups excluding carboxylic acids is 2. The number of hydrogen-bond acceptors (Lipinski definition) is 4. The molecule has 0 aliphatic carbocycles. The van der Waals surface area contributed by atoms with Crippen LogP contribution in [0.15, 0.2) is 4.99 Å². The number of amidine groups is 1. The molecular formula is C5H6N2O3. The molecule has 0 aromatic rings. The van der Waals surface area contributed by atoms with Crippen LogP contribution in [0.3, 0.4) is 0 Å². The number of ether oxygens (including phenoxy) is 1. The lowest BCUT2D eigenvalue weighted by Gasteiger charge is -2.09. The summed E-state index contributed by atoms with van der Waals surface area (Å²) in [5.74, 6) is -1.20. The van der Waals surface area contributed by atoms with Gasteiger partial charge in [0.05, 0.1) is 7.11 Å². The lowest BCUT2D eigenvalue weighted by molar-refractivity contribution is -0.136. The van der Waals surface area contributed by atoms with E-state index in [0.717, 1.165) is 0 Å². The minimum absolute atomic E-state index is 0.101. The molecule has 1 N–H and O–H groups in total. The van der Waals surface area contributed by atoms with Gasteiger partial charge in [-0.15, -0.1) is 0 Å². The van der Waals surface area contributed by atoms with Crippen molar-refractivity contribution < 1.29 is 14.3 Å². The van der Waals surface area contributed by atoms with Crippen molar-refractivity contribution in [3.63, 3.8) is 0 Å². The molecule has 0 aromatic heterocycles. The fourth-order valence-electron chi connectivity index (χ4n) is 0.537. The predicted octanol–water partition coefficient (Wildman–Crippen LogP) is -1.31. The van der Waals surface area contributed by atoms with Gasteiger partial charge in [0.25, 0.3) is 11.9 Å². The Balaban J connectivity index is 2.70. The Labute approximate surface area is 57.1 Å². The Morgan fingerprint density at radius 2 is 2.30 bits per heavy atom. The molecule has 1 rings (SSSR count). The molecule has 1 heterocycles. The van der Waals surface area contributed by atoms with Crippen molar-refractivity contribution in [2.24, 2.45) is 4.99 Å². The molecule has 1 aliphatic rings. The highest BCUT2D eigenvalue weighted by Gasteiger charge is 2.20. The molecule has 0 atom stereocenters. The lowest BCUT2D eigenvalue weighted by atomic mass is 10.3. The monoisotopic (exact) mass is 142 g/mol. The number of nitrogens with one attached hydrogen (secondary N) is 1. The maximum Gasteiger partial charge on any atom is 0.297 e. The van der Waals surface area contributed by atoms with E-state index in [4.69, 9.17) is 0 Å². The normalized spacial score (nSPS) is 17.9. The van der Waals surface area contributed by atoms with Crippen molar-refractivity contribution in [3.8, 4) is 0 Å². The maximum atomic E-state index is 10.5. The van der Waals surface area contributed by atoms with Crippen molar-refractivity contribution in [2.75, 3.05) is 13.7 Å². The van der Waals surface area contributed by atoms with Gasteiger partial charge >= 0.3 is 0 Å². The molecule has 0 saturated carbocycles. The highest BCUT2D eigenvalue weighted by Crippen LogP contribution is 1.87. The van der Waals surface area contributed by atoms with E-state index in [1.807, 2.05) is 0 Å². The number of methoxy groups -OCH3 is 1. The van der Waals surface area contributed by atoms with E-state index < -0.39 is 11.7 Å². The van der Waals surface area contributed by atoms with Gasteiger partial charge in [-0.1, -0.05) is 0 Å². The van der Waals surface area contributed by atoms with Gasteiger partial charge in [-0.2, -0.15) is 0 Å². The Hall–Kier alpha value is -1.39. The van der Waals surface area contributed by atoms with Gasteiger partial charge in [-0.05, 0) is 0 Å². The molecule has 0 radical (unpaired) electrons. The summed E-state index contributed by atoms with van der Waals surface area (Å²) in [5.41, 5.74) is 0. The molecule has 0 aromatic carbocycles. The highest BCUT2D eigenvalue weighted by atomic mass is 16.5. The summed E-state index contributed by atoms with van der Waals surface area (Å²) in [6, 6.07) is 0.101. The van der Waals surface area contributed by atoms with E-state index in [1.54, 1.807) is 0 Å². The first kappa shape index (κ1) is 6.73. The Kier molecular flexibility index (Phi) is 1.66. The van der Waals surface area contributed by atoms with Crippen LogP contribution < -0.4 is 5.32 Å². The molecule has 0 saturated heterocycles. The third-order valence-electron chi connectivity index (χ3n) is 1.03. The average molecular weight is 142 g/mol. The zero-order valence-corrected chi connectivity index (χ0v) is 5.38. The SMILES string of the molecule is COC1=NCC(=O)C(=O)N1. The van der Waals surface area contributed by atoms with Crippen molar-refractivity contribution in [1.29, 1.82) is 0 Å². The van der Waals surface area contributed by atoms with Gasteiger partial charge in [0.2, 0.25) is 5.78 Å². The molecule has 54 valence electrons. The molecule has 5 heteroatoms. The standard InChI is InChI=1S/C5H6N2O3/c1-10-5-6-2-3(8)4(9)7-5/h2H2,1H3,(H,6,7,9). The van der Waals surface area contributed by atoms with E-state index >= 15 is 0 Å². The van der Waals surface area contributed by atoms with Gasteiger partial charge in [-0.25, -0.2) is 4.99 Å². The first-order chi connectivity index (χ1) is 4.74. The van der Waals surface area contributed by atoms with E-state index in [1.165, 1.54) is 7.11 Å². The summed E-state index contributed by atoms with van der Waals surface area (Å²) in [4.78, 5) is 24.6. The van der Waals surface area contributed by atoms with Crippen LogP contribution in [0.4, 0.5) is 0 Å². The number of carbonyl (C=O) groups is 2. The summed E-state index contributed by atoms with van der Waals surface area (Å²) in [7, 11) is 1.37. The summed E-state index contributed by atoms with van der Waals surface area (Å²) >= 11 is 0. The van der Waals surface area contributed by atoms with Gasteiger partial charge in [-0.3, -0.25) is 14.9 Å². The van der Waals surface area contributed by atoms with Gasteiger partial charge < -0.3 is 4.74 Å². The molecule has 1 amide bonds. The molecule has 10 heavy (non-hydrogen) atoms. The number of nitrogens with zero attached hydrogens (tertiary/aromatic N) is 1. The van der Waals surface area contributed by atoms with Gasteiger partial charge in [0.1, 0.15) is 6.54 Å². The van der Waals surface area contributed by atoms with Crippen molar-refractivity contribution in [3.05, 3.63) is 0 Å². The molecule has 0 unspecified atom stereocenters. The molecule has 0 bridgehead atoms. The second-order valence-electron chi connectivity index (χ2n) is 1.70. The van der Waals surface area contributed by atoms with E-state index in [9.17, 15) is 9.59 Å². The van der Waals surface area contributed by atoms with E-state index in [0.29, 0.717) is 0 Å². The molecular weight excluding hydrogens is 136 g/mol. The van der Waals surface area contributed by atoms with Gasteiger partial charge in [0, 0.05) is 0 Å². The third kappa shape index (κ3) is 1.12. The fraction of sp³-hybridized carbons (Fsp3) is 0.400. The van der Waals surface area contributed by atoms with Crippen LogP contribution in [-0.2, 0) is 14.3 Å². The van der Waals surface area contributed by atoms with Crippen LogP contribution in [0.1, 0.15) is 0 Å². The number of ketones is 1. The zero-order chi connectivity index (χ0) is 7.56. The second-order valence-corrected chi connectivity index (χ2v) is 1.70. The van der Waals surface area contributed by atoms with Crippen molar-refractivity contribution >= 4 is 17.7 Å². The van der Waals surface area contributed by atoms with E-state index in [-0.39, 0.29) is 12.6 Å². The predicted molar refractivity (Wildman–Crippen MR) is 32.5 cm³/mol. The van der Waals surface area contributed by atoms with Crippen LogP contribution in [0.5, 0.6) is 0 Å². The molecule has 5 nitrogen and oxygen atoms in total. The summed E-state index contributed by atoms with van der Waals surface area (Å²) in [6.45, 7) is -0.116. The van der Waals surface area contributed by atoms with Gasteiger partial charge in [0.15, 0.2) is 0 Å². The Morgan fingerprint density at radius 1 is 1.60 bits per heavy atom. The maximum absolute atomic E-state index is 10.5. The lowest BCUT2D eigenvalue weighted by Crippen LogP contribution is -2.42. The number of rotatable bonds is 0. The second kappa shape index (κ2) is 2.47. The van der Waals surface area contributed by atoms with Crippen molar-refractivity contribution in [1.82, 2.24) is 5.32 Å². The Bertz CT molecular complexity index is 209. The van der Waals surface area contributed by atoms with Crippen molar-refractivity contribution in [2.45, 2.75) is 0 Å². The number of hydrogen-bond donors (Lipinski definition) is 1. The average Bonchev–Trinajstić information content (AvgIpc) is 1.95. The summed E-state index contributed by atoms with van der Waals surface area (Å²) in [5, 5.41) is 2.16. The highest BCUT2D eigenvalue weighted by molar-refractivity contribution is 6.40. The number of aliphatic imine (C=N–C) groups is 1. The topological polar surface area (TPSA) is 67.8 Å². The van der Waals surface area contributed by atoms with Crippen LogP contribution >= 0.6 is 0 Å². The molecule has 0 fully saturated rings. The quantitative estimate of drug-likeness (QED) is 0.427. The first-order valence-corrected chi connectivity index (χ1v) is 2.66. The molecule has 0 spiro atoms. The number of Topliss-reactive ketones (excluding diaryl/α,β-unsaturated/α-hetero) is 1. The zero-order valence-electron chi connectivity index (χ0n) is 5.38. The fourth-order valence-corrected chi connectivity index (χ4v) is 0.537. The summed E-state index contributed by atoms with van der Waals surface area (Å²) < 4.78 is 4.58.